The van der Waals surface area contributed by atoms with E-state index in [1.54, 1.807) is 0 Å². The summed E-state index contributed by atoms with van der Waals surface area (Å²) in [5.74, 6) is 1.22. The first kappa shape index (κ1) is 10.6. The van der Waals surface area contributed by atoms with Gasteiger partial charge in [0, 0.05) is 17.6 Å². The Morgan fingerprint density at radius 2 is 2.08 bits per heavy atom. The van der Waals surface area contributed by atoms with Gasteiger partial charge in [0.2, 0.25) is 0 Å². The molecule has 0 saturated carbocycles. The van der Waals surface area contributed by atoms with E-state index >= 15 is 0 Å². The van der Waals surface area contributed by atoms with Crippen LogP contribution in [0.4, 0.5) is 0 Å². The minimum Gasteiger partial charge on any atom is -0.265 e. The van der Waals surface area contributed by atoms with E-state index in [0.717, 1.165) is 11.7 Å². The largest absolute Gasteiger partial charge is 0.265 e. The standard InChI is InChI=1S/C11H17NS/c1-3-10(2)13-9-6-11-4-7-12-8-5-11/h4-5,7-8,10H,3,6,9H2,1-2H3/t10-/m1/s1. The monoisotopic (exact) mass is 195 g/mol. The molecule has 1 nitrogen and oxygen atoms in total. The molecule has 0 N–H and O–H groups in total. The Balaban J connectivity index is 2.20. The van der Waals surface area contributed by atoms with Crippen molar-refractivity contribution in [3.8, 4) is 0 Å². The van der Waals surface area contributed by atoms with Crippen LogP contribution in [0.2, 0.25) is 0 Å². The highest BCUT2D eigenvalue weighted by molar-refractivity contribution is 7.99. The highest BCUT2D eigenvalue weighted by atomic mass is 32.2. The van der Waals surface area contributed by atoms with Crippen molar-refractivity contribution in [3.63, 3.8) is 0 Å². The average molecular weight is 195 g/mol. The summed E-state index contributed by atoms with van der Waals surface area (Å²) >= 11 is 2.05. The van der Waals surface area contributed by atoms with Crippen molar-refractivity contribution < 1.29 is 0 Å². The number of hydrogen-bond donors (Lipinski definition) is 0. The zero-order valence-electron chi connectivity index (χ0n) is 8.36. The zero-order chi connectivity index (χ0) is 9.52. The molecule has 0 aliphatic rings. The third-order valence-corrected chi connectivity index (χ3v) is 3.46. The summed E-state index contributed by atoms with van der Waals surface area (Å²) < 4.78 is 0. The lowest BCUT2D eigenvalue weighted by molar-refractivity contribution is 0.903. The van der Waals surface area contributed by atoms with Gasteiger partial charge in [0.1, 0.15) is 0 Å². The fraction of sp³-hybridized carbons (Fsp3) is 0.545. The summed E-state index contributed by atoms with van der Waals surface area (Å²) in [6, 6.07) is 4.19. The van der Waals surface area contributed by atoms with E-state index in [0.29, 0.717) is 0 Å². The molecule has 13 heavy (non-hydrogen) atoms. The van der Waals surface area contributed by atoms with Crippen molar-refractivity contribution in [2.45, 2.75) is 31.9 Å². The predicted octanol–water partition coefficient (Wildman–Crippen LogP) is 3.16. The van der Waals surface area contributed by atoms with Crippen LogP contribution in [0.3, 0.4) is 0 Å². The van der Waals surface area contributed by atoms with Crippen molar-refractivity contribution in [1.29, 1.82) is 0 Å². The molecule has 0 unspecified atom stereocenters. The molecule has 0 spiro atoms. The van der Waals surface area contributed by atoms with Gasteiger partial charge < -0.3 is 0 Å². The molecule has 0 radical (unpaired) electrons. The summed E-state index contributed by atoms with van der Waals surface area (Å²) in [5, 5.41) is 0.793. The molecular formula is C11H17NS. The van der Waals surface area contributed by atoms with E-state index < -0.39 is 0 Å². The van der Waals surface area contributed by atoms with Crippen molar-refractivity contribution in [2.24, 2.45) is 0 Å². The van der Waals surface area contributed by atoms with Crippen molar-refractivity contribution in [2.75, 3.05) is 5.75 Å². The van der Waals surface area contributed by atoms with E-state index in [1.807, 2.05) is 12.4 Å². The van der Waals surface area contributed by atoms with Gasteiger partial charge in [-0.25, -0.2) is 0 Å². The number of aryl methyl sites for hydroxylation is 1. The van der Waals surface area contributed by atoms with Crippen LogP contribution in [-0.4, -0.2) is 16.0 Å². The number of nitrogens with zero attached hydrogens (tertiary/aromatic N) is 1. The van der Waals surface area contributed by atoms with E-state index in [2.05, 4.69) is 42.7 Å². The lowest BCUT2D eigenvalue weighted by atomic mass is 10.2. The van der Waals surface area contributed by atoms with Gasteiger partial charge in [0.05, 0.1) is 0 Å². The lowest BCUT2D eigenvalue weighted by Gasteiger charge is -2.07. The Morgan fingerprint density at radius 1 is 1.38 bits per heavy atom. The average Bonchev–Trinajstić information content (AvgIpc) is 2.19. The summed E-state index contributed by atoms with van der Waals surface area (Å²) in [7, 11) is 0. The smallest absolute Gasteiger partial charge is 0.0270 e. The second-order valence-corrected chi connectivity index (χ2v) is 4.74. The van der Waals surface area contributed by atoms with E-state index in [4.69, 9.17) is 0 Å². The van der Waals surface area contributed by atoms with Crippen LogP contribution < -0.4 is 0 Å². The van der Waals surface area contributed by atoms with Crippen LogP contribution in [-0.2, 0) is 6.42 Å². The summed E-state index contributed by atoms with van der Waals surface area (Å²) in [5.41, 5.74) is 1.39. The fourth-order valence-corrected chi connectivity index (χ4v) is 2.04. The Hall–Kier alpha value is -0.500. The highest BCUT2D eigenvalue weighted by Crippen LogP contribution is 2.14. The normalized spacial score (nSPS) is 12.8. The Bertz CT molecular complexity index is 223. The molecule has 0 aromatic carbocycles. The molecule has 72 valence electrons. The highest BCUT2D eigenvalue weighted by Gasteiger charge is 1.98. The number of thioether (sulfide) groups is 1. The van der Waals surface area contributed by atoms with Gasteiger partial charge in [-0.3, -0.25) is 4.98 Å². The fourth-order valence-electron chi connectivity index (χ4n) is 1.05. The number of aromatic nitrogens is 1. The van der Waals surface area contributed by atoms with Crippen molar-refractivity contribution in [1.82, 2.24) is 4.98 Å². The molecule has 0 aliphatic carbocycles. The molecular weight excluding hydrogens is 178 g/mol. The van der Waals surface area contributed by atoms with Crippen LogP contribution in [0.25, 0.3) is 0 Å². The van der Waals surface area contributed by atoms with Crippen molar-refractivity contribution in [3.05, 3.63) is 30.1 Å². The molecule has 1 rings (SSSR count). The molecule has 1 aromatic heterocycles. The first-order valence-corrected chi connectivity index (χ1v) is 5.88. The quantitative estimate of drug-likeness (QED) is 0.716. The molecule has 0 fully saturated rings. The van der Waals surface area contributed by atoms with E-state index in [9.17, 15) is 0 Å². The van der Waals surface area contributed by atoms with Gasteiger partial charge >= 0.3 is 0 Å². The van der Waals surface area contributed by atoms with Gasteiger partial charge in [-0.2, -0.15) is 11.8 Å². The molecule has 1 atom stereocenters. The summed E-state index contributed by atoms with van der Waals surface area (Å²) in [6.45, 7) is 4.53. The van der Waals surface area contributed by atoms with Crippen LogP contribution in [0, 0.1) is 0 Å². The number of pyridine rings is 1. The molecule has 0 bridgehead atoms. The zero-order valence-corrected chi connectivity index (χ0v) is 9.18. The molecule has 0 aliphatic heterocycles. The second-order valence-electron chi connectivity index (χ2n) is 3.20. The summed E-state index contributed by atoms with van der Waals surface area (Å²) in [6.07, 6.45) is 6.16. The van der Waals surface area contributed by atoms with E-state index in [1.165, 1.54) is 17.7 Å². The Morgan fingerprint density at radius 3 is 2.69 bits per heavy atom. The summed E-state index contributed by atoms with van der Waals surface area (Å²) in [4.78, 5) is 4.00. The third-order valence-electron chi connectivity index (χ3n) is 2.12. The van der Waals surface area contributed by atoms with Gasteiger partial charge in [-0.05, 0) is 36.3 Å². The maximum absolute atomic E-state index is 4.00. The third kappa shape index (κ3) is 4.32. The van der Waals surface area contributed by atoms with Crippen LogP contribution >= 0.6 is 11.8 Å². The molecule has 1 aromatic rings. The van der Waals surface area contributed by atoms with Crippen LogP contribution in [0.15, 0.2) is 24.5 Å². The maximum Gasteiger partial charge on any atom is 0.0270 e. The van der Waals surface area contributed by atoms with Crippen LogP contribution in [0.5, 0.6) is 0 Å². The molecule has 0 amide bonds. The minimum absolute atomic E-state index is 0.793. The lowest BCUT2D eigenvalue weighted by Crippen LogP contribution is -1.97. The Labute approximate surface area is 85.0 Å². The van der Waals surface area contributed by atoms with Gasteiger partial charge in [-0.15, -0.1) is 0 Å². The van der Waals surface area contributed by atoms with Crippen molar-refractivity contribution >= 4 is 11.8 Å². The number of rotatable bonds is 5. The topological polar surface area (TPSA) is 12.9 Å². The number of hydrogen-bond acceptors (Lipinski definition) is 2. The SMILES string of the molecule is CC[C@@H](C)SCCc1ccncc1. The molecule has 0 saturated heterocycles. The first-order chi connectivity index (χ1) is 6.33. The van der Waals surface area contributed by atoms with Crippen LogP contribution in [0.1, 0.15) is 25.8 Å². The van der Waals surface area contributed by atoms with Gasteiger partial charge in [0.15, 0.2) is 0 Å². The Kier molecular flexibility index (Phi) is 4.91. The second kappa shape index (κ2) is 6.03. The molecule has 1 heterocycles. The predicted molar refractivity (Wildman–Crippen MR) is 60.2 cm³/mol. The van der Waals surface area contributed by atoms with E-state index in [-0.39, 0.29) is 0 Å². The van der Waals surface area contributed by atoms with Gasteiger partial charge in [-0.1, -0.05) is 13.8 Å². The van der Waals surface area contributed by atoms with Gasteiger partial charge in [0.25, 0.3) is 0 Å². The first-order valence-electron chi connectivity index (χ1n) is 4.83. The minimum atomic E-state index is 0.793. The molecule has 2 heteroatoms. The maximum atomic E-state index is 4.00.